The second-order valence-corrected chi connectivity index (χ2v) is 6.17. The number of nitrogens with two attached hydrogens (primary N) is 1. The fourth-order valence-corrected chi connectivity index (χ4v) is 2.68. The van der Waals surface area contributed by atoms with Gasteiger partial charge in [-0.2, -0.15) is 0 Å². The van der Waals surface area contributed by atoms with Gasteiger partial charge in [0.05, 0.1) is 5.41 Å². The quantitative estimate of drug-likeness (QED) is 0.871. The van der Waals surface area contributed by atoms with Gasteiger partial charge in [-0.3, -0.25) is 4.79 Å². The minimum atomic E-state index is -0.652. The summed E-state index contributed by atoms with van der Waals surface area (Å²) in [4.78, 5) is 12.5. The van der Waals surface area contributed by atoms with Gasteiger partial charge in [-0.25, -0.2) is 0 Å². The van der Waals surface area contributed by atoms with Crippen molar-refractivity contribution >= 4 is 17.5 Å². The maximum absolute atomic E-state index is 12.5. The molecule has 3 nitrogen and oxygen atoms in total. The fourth-order valence-electron chi connectivity index (χ4n) is 2.31. The van der Waals surface area contributed by atoms with Crippen LogP contribution in [0.1, 0.15) is 32.3 Å². The molecule has 4 heteroatoms. The predicted octanol–water partition coefficient (Wildman–Crippen LogP) is 2.47. The van der Waals surface area contributed by atoms with E-state index in [-0.39, 0.29) is 11.9 Å². The highest BCUT2D eigenvalue weighted by molar-refractivity contribution is 6.31. The Bertz CT molecular complexity index is 469. The number of carbonyl (C=O) groups excluding carboxylic acids is 1. The summed E-state index contributed by atoms with van der Waals surface area (Å²) in [6.07, 6.45) is 2.32. The maximum Gasteiger partial charge on any atom is 0.230 e. The molecule has 0 spiro atoms. The van der Waals surface area contributed by atoms with Crippen molar-refractivity contribution in [2.24, 2.45) is 11.7 Å². The van der Waals surface area contributed by atoms with E-state index in [0.29, 0.717) is 17.5 Å². The highest BCUT2D eigenvalue weighted by Gasteiger charge is 2.36. The standard InChI is InChI=1S/C15H21ClN2O/c1-15(2,11-5-3-4-6-12(11)16)14(19)18-13(9-17)10-7-8-10/h3-6,10,13H,7-9,17H2,1-2H3,(H,18,19). The molecule has 1 saturated carbocycles. The Kier molecular flexibility index (Phi) is 4.16. The van der Waals surface area contributed by atoms with E-state index in [1.165, 1.54) is 0 Å². The van der Waals surface area contributed by atoms with Crippen LogP contribution in [-0.4, -0.2) is 18.5 Å². The lowest BCUT2D eigenvalue weighted by Crippen LogP contribution is -2.49. The van der Waals surface area contributed by atoms with Crippen LogP contribution in [0.5, 0.6) is 0 Å². The largest absolute Gasteiger partial charge is 0.351 e. The molecule has 0 bridgehead atoms. The molecule has 1 fully saturated rings. The van der Waals surface area contributed by atoms with E-state index in [9.17, 15) is 4.79 Å². The summed E-state index contributed by atoms with van der Waals surface area (Å²) in [5, 5.41) is 3.70. The molecule has 1 aliphatic rings. The van der Waals surface area contributed by atoms with Crippen molar-refractivity contribution in [1.29, 1.82) is 0 Å². The Morgan fingerprint density at radius 1 is 1.47 bits per heavy atom. The first kappa shape index (κ1) is 14.4. The Hall–Kier alpha value is -1.06. The third-order valence-corrected chi connectivity index (χ3v) is 4.21. The Labute approximate surface area is 119 Å². The second-order valence-electron chi connectivity index (χ2n) is 5.76. The van der Waals surface area contributed by atoms with Gasteiger partial charge in [0.2, 0.25) is 5.91 Å². The van der Waals surface area contributed by atoms with Crippen molar-refractivity contribution < 1.29 is 4.79 Å². The number of carbonyl (C=O) groups is 1. The molecule has 1 aromatic carbocycles. The zero-order valence-corrected chi connectivity index (χ0v) is 12.2. The lowest BCUT2D eigenvalue weighted by molar-refractivity contribution is -0.126. The molecule has 1 unspecified atom stereocenters. The van der Waals surface area contributed by atoms with Gasteiger partial charge in [-0.15, -0.1) is 0 Å². The van der Waals surface area contributed by atoms with Crippen LogP contribution in [0, 0.1) is 5.92 Å². The molecule has 0 heterocycles. The van der Waals surface area contributed by atoms with E-state index < -0.39 is 5.41 Å². The number of benzene rings is 1. The van der Waals surface area contributed by atoms with Gasteiger partial charge in [0.1, 0.15) is 0 Å². The first-order chi connectivity index (χ1) is 8.96. The normalized spacial score (nSPS) is 17.1. The lowest BCUT2D eigenvalue weighted by Gasteiger charge is -2.28. The van der Waals surface area contributed by atoms with Crippen LogP contribution < -0.4 is 11.1 Å². The van der Waals surface area contributed by atoms with Gasteiger partial charge in [-0.05, 0) is 44.2 Å². The van der Waals surface area contributed by atoms with Gasteiger partial charge in [0.25, 0.3) is 0 Å². The van der Waals surface area contributed by atoms with Crippen molar-refractivity contribution in [1.82, 2.24) is 5.32 Å². The summed E-state index contributed by atoms with van der Waals surface area (Å²) in [6.45, 7) is 4.28. The number of amides is 1. The average Bonchev–Trinajstić information content (AvgIpc) is 3.20. The summed E-state index contributed by atoms with van der Waals surface area (Å²) in [6, 6.07) is 7.57. The smallest absolute Gasteiger partial charge is 0.230 e. The minimum Gasteiger partial charge on any atom is -0.351 e. The minimum absolute atomic E-state index is 0.0112. The number of rotatable bonds is 5. The van der Waals surface area contributed by atoms with Crippen molar-refractivity contribution in [3.8, 4) is 0 Å². The molecular weight excluding hydrogens is 260 g/mol. The molecule has 2 rings (SSSR count). The van der Waals surface area contributed by atoms with Gasteiger partial charge in [0.15, 0.2) is 0 Å². The van der Waals surface area contributed by atoms with E-state index >= 15 is 0 Å². The topological polar surface area (TPSA) is 55.1 Å². The number of hydrogen-bond donors (Lipinski definition) is 2. The van der Waals surface area contributed by atoms with E-state index in [2.05, 4.69) is 5.32 Å². The first-order valence-electron chi connectivity index (χ1n) is 6.73. The zero-order chi connectivity index (χ0) is 14.0. The summed E-state index contributed by atoms with van der Waals surface area (Å²) in [5.41, 5.74) is 5.93. The first-order valence-corrected chi connectivity index (χ1v) is 7.10. The molecule has 0 saturated heterocycles. The van der Waals surface area contributed by atoms with Crippen molar-refractivity contribution in [3.05, 3.63) is 34.9 Å². The van der Waals surface area contributed by atoms with E-state index in [0.717, 1.165) is 18.4 Å². The van der Waals surface area contributed by atoms with Gasteiger partial charge in [-0.1, -0.05) is 29.8 Å². The number of hydrogen-bond acceptors (Lipinski definition) is 2. The molecule has 0 aliphatic heterocycles. The number of halogens is 1. The number of nitrogens with one attached hydrogen (secondary N) is 1. The van der Waals surface area contributed by atoms with Crippen LogP contribution in [0.2, 0.25) is 5.02 Å². The third kappa shape index (κ3) is 3.10. The van der Waals surface area contributed by atoms with Gasteiger partial charge < -0.3 is 11.1 Å². The van der Waals surface area contributed by atoms with Crippen LogP contribution in [0.25, 0.3) is 0 Å². The predicted molar refractivity (Wildman–Crippen MR) is 78.2 cm³/mol. The molecule has 104 valence electrons. The molecular formula is C15H21ClN2O. The average molecular weight is 281 g/mol. The van der Waals surface area contributed by atoms with Crippen LogP contribution >= 0.6 is 11.6 Å². The monoisotopic (exact) mass is 280 g/mol. The van der Waals surface area contributed by atoms with Crippen LogP contribution in [0.4, 0.5) is 0 Å². The highest BCUT2D eigenvalue weighted by Crippen LogP contribution is 2.34. The van der Waals surface area contributed by atoms with Crippen molar-refractivity contribution in [2.75, 3.05) is 6.54 Å². The van der Waals surface area contributed by atoms with E-state index in [1.807, 2.05) is 38.1 Å². The molecule has 19 heavy (non-hydrogen) atoms. The molecule has 1 aromatic rings. The molecule has 1 amide bonds. The van der Waals surface area contributed by atoms with Crippen LogP contribution in [0.15, 0.2) is 24.3 Å². The maximum atomic E-state index is 12.5. The van der Waals surface area contributed by atoms with E-state index in [1.54, 1.807) is 0 Å². The van der Waals surface area contributed by atoms with Crippen LogP contribution in [-0.2, 0) is 10.2 Å². The summed E-state index contributed by atoms with van der Waals surface area (Å²) >= 11 is 6.19. The van der Waals surface area contributed by atoms with Gasteiger partial charge >= 0.3 is 0 Å². The summed E-state index contributed by atoms with van der Waals surface area (Å²) < 4.78 is 0. The van der Waals surface area contributed by atoms with Crippen molar-refractivity contribution in [2.45, 2.75) is 38.1 Å². The molecule has 1 atom stereocenters. The third-order valence-electron chi connectivity index (χ3n) is 3.88. The van der Waals surface area contributed by atoms with Gasteiger partial charge in [0, 0.05) is 17.6 Å². The second kappa shape index (κ2) is 5.51. The summed E-state index contributed by atoms with van der Waals surface area (Å²) in [5.74, 6) is 0.541. The molecule has 3 N–H and O–H groups in total. The Morgan fingerprint density at radius 3 is 2.63 bits per heavy atom. The zero-order valence-electron chi connectivity index (χ0n) is 11.4. The van der Waals surface area contributed by atoms with E-state index in [4.69, 9.17) is 17.3 Å². The van der Waals surface area contributed by atoms with Crippen molar-refractivity contribution in [3.63, 3.8) is 0 Å². The molecule has 0 radical (unpaired) electrons. The Morgan fingerprint density at radius 2 is 2.11 bits per heavy atom. The Balaban J connectivity index is 2.14. The lowest BCUT2D eigenvalue weighted by atomic mass is 9.83. The summed E-state index contributed by atoms with van der Waals surface area (Å²) in [7, 11) is 0. The van der Waals surface area contributed by atoms with Crippen LogP contribution in [0.3, 0.4) is 0 Å². The molecule has 1 aliphatic carbocycles. The molecule has 0 aromatic heterocycles. The SMILES string of the molecule is CC(C)(C(=O)NC(CN)C1CC1)c1ccccc1Cl. The highest BCUT2D eigenvalue weighted by atomic mass is 35.5. The fraction of sp³-hybridized carbons (Fsp3) is 0.533.